The zero-order chi connectivity index (χ0) is 21.9. The number of morpholine rings is 1. The van der Waals surface area contributed by atoms with E-state index in [0.717, 1.165) is 31.8 Å². The van der Waals surface area contributed by atoms with Crippen molar-refractivity contribution in [2.75, 3.05) is 53.5 Å². The van der Waals surface area contributed by atoms with E-state index >= 15 is 0 Å². The molecule has 2 N–H and O–H groups in total. The summed E-state index contributed by atoms with van der Waals surface area (Å²) in [5.74, 6) is 1.63. The zero-order valence-electron chi connectivity index (χ0n) is 18.7. The molecule has 1 heterocycles. The first kappa shape index (κ1) is 27.6. The molecule has 178 valence electrons. The van der Waals surface area contributed by atoms with Crippen LogP contribution in [-0.4, -0.2) is 77.1 Å². The molecule has 0 bridgehead atoms. The summed E-state index contributed by atoms with van der Waals surface area (Å²) in [7, 11) is 3.13. The Kier molecular flexibility index (Phi) is 13.0. The smallest absolute Gasteiger partial charge is 0.387 e. The van der Waals surface area contributed by atoms with E-state index in [4.69, 9.17) is 9.47 Å². The molecule has 1 saturated heterocycles. The van der Waals surface area contributed by atoms with Crippen LogP contribution in [0.2, 0.25) is 0 Å². The molecule has 1 aliphatic rings. The molecule has 1 aromatic carbocycles. The predicted molar refractivity (Wildman–Crippen MR) is 129 cm³/mol. The van der Waals surface area contributed by atoms with Crippen molar-refractivity contribution in [2.24, 2.45) is 10.9 Å². The van der Waals surface area contributed by atoms with Crippen molar-refractivity contribution < 1.29 is 23.0 Å². The third kappa shape index (κ3) is 10.2. The highest BCUT2D eigenvalue weighted by atomic mass is 127. The van der Waals surface area contributed by atoms with Crippen molar-refractivity contribution in [1.29, 1.82) is 0 Å². The average molecular weight is 556 g/mol. The van der Waals surface area contributed by atoms with Gasteiger partial charge in [-0.1, -0.05) is 19.9 Å². The zero-order valence-corrected chi connectivity index (χ0v) is 21.0. The minimum Gasteiger partial charge on any atom is -0.493 e. The third-order valence-corrected chi connectivity index (χ3v) is 4.72. The summed E-state index contributed by atoms with van der Waals surface area (Å²) in [5, 5.41) is 6.54. The van der Waals surface area contributed by atoms with E-state index in [2.05, 4.69) is 39.1 Å². The highest BCUT2D eigenvalue weighted by Gasteiger charge is 2.21. The SMILES string of the molecule is CN=C(NCCc1ccc(OC)c(OC(F)F)c1)NCC1CN(CC(C)C)CCO1.I. The van der Waals surface area contributed by atoms with Gasteiger partial charge in [-0.2, -0.15) is 8.78 Å². The molecule has 1 fully saturated rings. The molecule has 1 aliphatic heterocycles. The van der Waals surface area contributed by atoms with E-state index in [1.54, 1.807) is 19.2 Å². The van der Waals surface area contributed by atoms with Crippen LogP contribution in [0.3, 0.4) is 0 Å². The van der Waals surface area contributed by atoms with Crippen LogP contribution >= 0.6 is 24.0 Å². The van der Waals surface area contributed by atoms with Crippen molar-refractivity contribution in [2.45, 2.75) is 33.0 Å². The van der Waals surface area contributed by atoms with Gasteiger partial charge in [0.15, 0.2) is 17.5 Å². The normalized spacial score (nSPS) is 17.4. The van der Waals surface area contributed by atoms with Gasteiger partial charge in [0.05, 0.1) is 19.8 Å². The summed E-state index contributed by atoms with van der Waals surface area (Å²) in [6.45, 7) is 6.50. The first-order valence-corrected chi connectivity index (χ1v) is 10.3. The molecule has 1 atom stereocenters. The number of aliphatic imine (C=N–C) groups is 1. The maximum atomic E-state index is 12.6. The van der Waals surface area contributed by atoms with Gasteiger partial charge in [0.1, 0.15) is 0 Å². The van der Waals surface area contributed by atoms with E-state index in [-0.39, 0.29) is 41.6 Å². The molecule has 0 saturated carbocycles. The average Bonchev–Trinajstić information content (AvgIpc) is 2.70. The van der Waals surface area contributed by atoms with Crippen LogP contribution < -0.4 is 20.1 Å². The van der Waals surface area contributed by atoms with Crippen molar-refractivity contribution >= 4 is 29.9 Å². The van der Waals surface area contributed by atoms with Gasteiger partial charge in [-0.05, 0) is 30.0 Å². The van der Waals surface area contributed by atoms with Crippen molar-refractivity contribution in [3.63, 3.8) is 0 Å². The molecule has 2 rings (SSSR count). The Balaban J connectivity index is 0.00000480. The number of guanidine groups is 1. The number of alkyl halides is 2. The van der Waals surface area contributed by atoms with Gasteiger partial charge in [0.2, 0.25) is 0 Å². The first-order valence-electron chi connectivity index (χ1n) is 10.3. The number of hydrogen-bond acceptors (Lipinski definition) is 5. The van der Waals surface area contributed by atoms with Crippen LogP contribution in [0, 0.1) is 5.92 Å². The molecule has 1 unspecified atom stereocenters. The number of benzene rings is 1. The Labute approximate surface area is 200 Å². The molecule has 1 aromatic rings. The summed E-state index contributed by atoms with van der Waals surface area (Å²) in [6, 6.07) is 5.03. The summed E-state index contributed by atoms with van der Waals surface area (Å²) >= 11 is 0. The number of halogens is 3. The second-order valence-electron chi connectivity index (χ2n) is 7.64. The number of rotatable bonds is 10. The summed E-state index contributed by atoms with van der Waals surface area (Å²) in [6.07, 6.45) is 0.735. The summed E-state index contributed by atoms with van der Waals surface area (Å²) in [5.41, 5.74) is 0.856. The van der Waals surface area contributed by atoms with Crippen LogP contribution in [0.4, 0.5) is 8.78 Å². The highest BCUT2D eigenvalue weighted by molar-refractivity contribution is 14.0. The standard InChI is InChI=1S/C21H34F2N4O3.HI/c1-15(2)13-27-9-10-29-17(14-27)12-26-21(24-3)25-8-7-16-5-6-18(28-4)19(11-16)30-20(22)23;/h5-6,11,15,17,20H,7-10,12-14H2,1-4H3,(H2,24,25,26);1H. The highest BCUT2D eigenvalue weighted by Crippen LogP contribution is 2.29. The van der Waals surface area contributed by atoms with Gasteiger partial charge < -0.3 is 24.8 Å². The number of hydrogen-bond donors (Lipinski definition) is 2. The fourth-order valence-corrected chi connectivity index (χ4v) is 3.41. The van der Waals surface area contributed by atoms with Crippen molar-refractivity contribution in [3.8, 4) is 11.5 Å². The van der Waals surface area contributed by atoms with E-state index in [0.29, 0.717) is 31.4 Å². The minimum atomic E-state index is -2.89. The van der Waals surface area contributed by atoms with Gasteiger partial charge in [0, 0.05) is 39.8 Å². The molecule has 0 radical (unpaired) electrons. The molecular weight excluding hydrogens is 521 g/mol. The van der Waals surface area contributed by atoms with E-state index in [9.17, 15) is 8.78 Å². The molecule has 7 nitrogen and oxygen atoms in total. The second kappa shape index (κ2) is 14.6. The maximum Gasteiger partial charge on any atom is 0.387 e. The van der Waals surface area contributed by atoms with Gasteiger partial charge in [0.25, 0.3) is 0 Å². The molecule has 0 aliphatic carbocycles. The number of nitrogens with one attached hydrogen (secondary N) is 2. The lowest BCUT2D eigenvalue weighted by atomic mass is 10.1. The van der Waals surface area contributed by atoms with Gasteiger partial charge >= 0.3 is 6.61 Å². The monoisotopic (exact) mass is 556 g/mol. The first-order chi connectivity index (χ1) is 14.4. The lowest BCUT2D eigenvalue weighted by molar-refractivity contribution is -0.0512. The molecule has 0 spiro atoms. The third-order valence-electron chi connectivity index (χ3n) is 4.72. The quantitative estimate of drug-likeness (QED) is 0.263. The largest absolute Gasteiger partial charge is 0.493 e. The second-order valence-corrected chi connectivity index (χ2v) is 7.64. The molecule has 10 heteroatoms. The molecule has 0 amide bonds. The van der Waals surface area contributed by atoms with Crippen molar-refractivity contribution in [1.82, 2.24) is 15.5 Å². The van der Waals surface area contributed by atoms with Crippen LogP contribution in [0.1, 0.15) is 19.4 Å². The van der Waals surface area contributed by atoms with Gasteiger partial charge in [-0.25, -0.2) is 0 Å². The Hall–Kier alpha value is -1.40. The Morgan fingerprint density at radius 3 is 2.71 bits per heavy atom. The van der Waals surface area contributed by atoms with Crippen LogP contribution in [-0.2, 0) is 11.2 Å². The summed E-state index contributed by atoms with van der Waals surface area (Å²) in [4.78, 5) is 6.67. The topological polar surface area (TPSA) is 67.4 Å². The van der Waals surface area contributed by atoms with Crippen LogP contribution in [0.5, 0.6) is 11.5 Å². The number of nitrogens with zero attached hydrogens (tertiary/aromatic N) is 2. The maximum absolute atomic E-state index is 12.6. The van der Waals surface area contributed by atoms with Gasteiger partial charge in [-0.15, -0.1) is 24.0 Å². The molecule has 0 aromatic heterocycles. The Morgan fingerprint density at radius 1 is 1.29 bits per heavy atom. The lowest BCUT2D eigenvalue weighted by Crippen LogP contribution is -2.50. The molecule has 31 heavy (non-hydrogen) atoms. The predicted octanol–water partition coefficient (Wildman–Crippen LogP) is 2.98. The van der Waals surface area contributed by atoms with E-state index in [1.165, 1.54) is 7.11 Å². The molecular formula is C21H35F2IN4O3. The minimum absolute atomic E-state index is 0. The number of methoxy groups -OCH3 is 1. The van der Waals surface area contributed by atoms with Gasteiger partial charge in [-0.3, -0.25) is 9.89 Å². The Bertz CT molecular complexity index is 680. The number of ether oxygens (including phenoxy) is 3. The van der Waals surface area contributed by atoms with E-state index in [1.807, 2.05) is 6.07 Å². The van der Waals surface area contributed by atoms with E-state index < -0.39 is 6.61 Å². The van der Waals surface area contributed by atoms with Crippen molar-refractivity contribution in [3.05, 3.63) is 23.8 Å². The fraction of sp³-hybridized carbons (Fsp3) is 0.667. The van der Waals surface area contributed by atoms with Crippen LogP contribution in [0.25, 0.3) is 0 Å². The van der Waals surface area contributed by atoms with Crippen LogP contribution in [0.15, 0.2) is 23.2 Å². The Morgan fingerprint density at radius 2 is 2.06 bits per heavy atom. The fourth-order valence-electron chi connectivity index (χ4n) is 3.41. The summed E-state index contributed by atoms with van der Waals surface area (Å²) < 4.78 is 40.6. The lowest BCUT2D eigenvalue weighted by Gasteiger charge is -2.34.